The molecule has 0 atom stereocenters. The van der Waals surface area contributed by atoms with E-state index < -0.39 is 11.0 Å². The molecule has 0 aromatic rings. The Bertz CT molecular complexity index is 244. The van der Waals surface area contributed by atoms with Crippen LogP contribution in [-0.4, -0.2) is 15.0 Å². The van der Waals surface area contributed by atoms with Gasteiger partial charge in [0.05, 0.1) is 6.61 Å². The molecule has 4 heteroatoms. The third kappa shape index (κ3) is 17.9. The Morgan fingerprint density at radius 2 is 0.950 bits per heavy atom. The Morgan fingerprint density at radius 3 is 1.30 bits per heavy atom. The lowest BCUT2D eigenvalue weighted by Gasteiger charge is -2.03. The Labute approximate surface area is 127 Å². The van der Waals surface area contributed by atoms with Gasteiger partial charge in [-0.1, -0.05) is 90.4 Å². The predicted molar refractivity (Wildman–Crippen MR) is 86.6 cm³/mol. The molecule has 0 unspecified atom stereocenters. The molecule has 0 N–H and O–H groups in total. The van der Waals surface area contributed by atoms with E-state index in [1.807, 2.05) is 0 Å². The molecule has 0 heterocycles. The lowest BCUT2D eigenvalue weighted by molar-refractivity contribution is 0.319. The van der Waals surface area contributed by atoms with Gasteiger partial charge in [0.1, 0.15) is 0 Å². The van der Waals surface area contributed by atoms with Gasteiger partial charge in [-0.25, -0.2) is 8.42 Å². The SMILES string of the molecule is CCCCCCCCCCCCCCCCO[SH](=O)=O. The number of rotatable bonds is 16. The van der Waals surface area contributed by atoms with Crippen molar-refractivity contribution >= 4 is 11.0 Å². The van der Waals surface area contributed by atoms with Gasteiger partial charge in [-0.05, 0) is 6.42 Å². The minimum Gasteiger partial charge on any atom is -0.272 e. The van der Waals surface area contributed by atoms with Crippen LogP contribution in [0.2, 0.25) is 0 Å². The molecule has 0 spiro atoms. The molecule has 122 valence electrons. The second-order valence-electron chi connectivity index (χ2n) is 5.65. The van der Waals surface area contributed by atoms with Crippen molar-refractivity contribution in [2.75, 3.05) is 6.61 Å². The summed E-state index contributed by atoms with van der Waals surface area (Å²) >= 11 is 0. The van der Waals surface area contributed by atoms with Gasteiger partial charge in [-0.3, -0.25) is 4.18 Å². The molecule has 20 heavy (non-hydrogen) atoms. The Kier molecular flexibility index (Phi) is 16.9. The number of hydrogen-bond donors (Lipinski definition) is 1. The summed E-state index contributed by atoms with van der Waals surface area (Å²) in [6.07, 6.45) is 18.3. The van der Waals surface area contributed by atoms with Crippen LogP contribution in [0.5, 0.6) is 0 Å². The molecular weight excluding hydrogens is 272 g/mol. The van der Waals surface area contributed by atoms with E-state index in [-0.39, 0.29) is 0 Å². The zero-order valence-corrected chi connectivity index (χ0v) is 14.2. The van der Waals surface area contributed by atoms with E-state index in [0.29, 0.717) is 6.61 Å². The monoisotopic (exact) mass is 306 g/mol. The summed E-state index contributed by atoms with van der Waals surface area (Å²) in [5.41, 5.74) is 0. The average Bonchev–Trinajstić information content (AvgIpc) is 2.43. The molecule has 0 aromatic heterocycles. The van der Waals surface area contributed by atoms with Crippen molar-refractivity contribution in [1.82, 2.24) is 0 Å². The van der Waals surface area contributed by atoms with Crippen molar-refractivity contribution in [3.8, 4) is 0 Å². The second-order valence-corrected chi connectivity index (χ2v) is 6.36. The maximum atomic E-state index is 10.1. The Morgan fingerprint density at radius 1 is 0.600 bits per heavy atom. The normalized spacial score (nSPS) is 11.3. The number of unbranched alkanes of at least 4 members (excludes halogenated alkanes) is 13. The fourth-order valence-corrected chi connectivity index (χ4v) is 2.71. The molecule has 3 nitrogen and oxygen atoms in total. The number of hydrogen-bond acceptors (Lipinski definition) is 3. The van der Waals surface area contributed by atoms with E-state index in [2.05, 4.69) is 11.1 Å². The molecule has 0 bridgehead atoms. The van der Waals surface area contributed by atoms with E-state index in [4.69, 9.17) is 0 Å². The van der Waals surface area contributed by atoms with E-state index in [0.717, 1.165) is 12.8 Å². The first kappa shape index (κ1) is 19.9. The van der Waals surface area contributed by atoms with E-state index in [9.17, 15) is 8.42 Å². The van der Waals surface area contributed by atoms with Crippen LogP contribution in [-0.2, 0) is 15.2 Å². The van der Waals surface area contributed by atoms with Crippen LogP contribution < -0.4 is 0 Å². The maximum Gasteiger partial charge on any atom is 0.257 e. The average molecular weight is 307 g/mol. The number of thiol groups is 1. The summed E-state index contributed by atoms with van der Waals surface area (Å²) in [7, 11) is -2.64. The molecule has 0 radical (unpaired) electrons. The molecule has 0 aromatic carbocycles. The Balaban J connectivity index is 2.95. The summed E-state index contributed by atoms with van der Waals surface area (Å²) < 4.78 is 24.8. The second kappa shape index (κ2) is 17.0. The highest BCUT2D eigenvalue weighted by Crippen LogP contribution is 2.12. The maximum absolute atomic E-state index is 10.1. The standard InChI is InChI=1S/C16H34O3S/c1-2-3-4-5-6-7-8-9-10-11-12-13-14-15-16-19-20(17)18/h20H,2-16H2,1H3. The summed E-state index contributed by atoms with van der Waals surface area (Å²) in [5, 5.41) is 0. The van der Waals surface area contributed by atoms with Crippen LogP contribution in [0.25, 0.3) is 0 Å². The molecular formula is C16H34O3S. The third-order valence-corrected chi connectivity index (χ3v) is 4.09. The molecule has 0 fully saturated rings. The predicted octanol–water partition coefficient (Wildman–Crippen LogP) is 5.01. The summed E-state index contributed by atoms with van der Waals surface area (Å²) in [6, 6.07) is 0. The minimum absolute atomic E-state index is 0.358. The molecule has 0 rings (SSSR count). The highest BCUT2D eigenvalue weighted by molar-refractivity contribution is 7.67. The largest absolute Gasteiger partial charge is 0.272 e. The van der Waals surface area contributed by atoms with Crippen LogP contribution in [0.4, 0.5) is 0 Å². The van der Waals surface area contributed by atoms with Crippen molar-refractivity contribution in [2.24, 2.45) is 0 Å². The highest BCUT2D eigenvalue weighted by Gasteiger charge is 1.94. The molecule has 0 aliphatic rings. The van der Waals surface area contributed by atoms with E-state index >= 15 is 0 Å². The lowest BCUT2D eigenvalue weighted by Crippen LogP contribution is -1.92. The van der Waals surface area contributed by atoms with Gasteiger partial charge in [-0.15, -0.1) is 0 Å². The van der Waals surface area contributed by atoms with Gasteiger partial charge in [0.25, 0.3) is 11.0 Å². The van der Waals surface area contributed by atoms with Gasteiger partial charge in [0, 0.05) is 0 Å². The molecule has 0 aliphatic carbocycles. The van der Waals surface area contributed by atoms with Gasteiger partial charge in [-0.2, -0.15) is 0 Å². The minimum atomic E-state index is -2.64. The molecule has 0 aliphatic heterocycles. The van der Waals surface area contributed by atoms with Gasteiger partial charge < -0.3 is 0 Å². The van der Waals surface area contributed by atoms with E-state index in [1.54, 1.807) is 0 Å². The van der Waals surface area contributed by atoms with Gasteiger partial charge in [0.2, 0.25) is 0 Å². The topological polar surface area (TPSA) is 43.4 Å². The summed E-state index contributed by atoms with van der Waals surface area (Å²) in [6.45, 7) is 2.62. The fourth-order valence-electron chi connectivity index (χ4n) is 2.44. The lowest BCUT2D eigenvalue weighted by atomic mass is 10.0. The van der Waals surface area contributed by atoms with Crippen molar-refractivity contribution in [1.29, 1.82) is 0 Å². The zero-order chi connectivity index (χ0) is 14.9. The van der Waals surface area contributed by atoms with Crippen molar-refractivity contribution < 1.29 is 12.6 Å². The molecule has 0 saturated carbocycles. The first-order valence-electron chi connectivity index (χ1n) is 8.54. The van der Waals surface area contributed by atoms with E-state index in [1.165, 1.54) is 77.0 Å². The highest BCUT2D eigenvalue weighted by atomic mass is 32.2. The first-order valence-corrected chi connectivity index (χ1v) is 9.64. The zero-order valence-electron chi connectivity index (χ0n) is 13.3. The van der Waals surface area contributed by atoms with Crippen LogP contribution >= 0.6 is 0 Å². The van der Waals surface area contributed by atoms with Crippen molar-refractivity contribution in [3.63, 3.8) is 0 Å². The third-order valence-electron chi connectivity index (χ3n) is 3.69. The van der Waals surface area contributed by atoms with Crippen LogP contribution in [0, 0.1) is 0 Å². The smallest absolute Gasteiger partial charge is 0.257 e. The van der Waals surface area contributed by atoms with Crippen molar-refractivity contribution in [2.45, 2.75) is 96.8 Å². The van der Waals surface area contributed by atoms with Crippen LogP contribution in [0.1, 0.15) is 96.8 Å². The first-order chi connectivity index (χ1) is 9.77. The van der Waals surface area contributed by atoms with Gasteiger partial charge in [0.15, 0.2) is 0 Å². The van der Waals surface area contributed by atoms with Crippen LogP contribution in [0.15, 0.2) is 0 Å². The van der Waals surface area contributed by atoms with Crippen LogP contribution in [0.3, 0.4) is 0 Å². The summed E-state index contributed by atoms with van der Waals surface area (Å²) in [5.74, 6) is 0. The molecule has 0 amide bonds. The quantitative estimate of drug-likeness (QED) is 0.322. The Hall–Kier alpha value is -0.0900. The molecule has 0 saturated heterocycles. The van der Waals surface area contributed by atoms with Gasteiger partial charge >= 0.3 is 0 Å². The van der Waals surface area contributed by atoms with Crippen molar-refractivity contribution in [3.05, 3.63) is 0 Å². The summed E-state index contributed by atoms with van der Waals surface area (Å²) in [4.78, 5) is 0. The fraction of sp³-hybridized carbons (Fsp3) is 1.00.